The summed E-state index contributed by atoms with van der Waals surface area (Å²) in [4.78, 5) is 15.1. The Bertz CT molecular complexity index is 3570. The van der Waals surface area contributed by atoms with Crippen LogP contribution in [0.2, 0.25) is 0 Å². The van der Waals surface area contributed by atoms with Gasteiger partial charge in [0.25, 0.3) is 0 Å². The second kappa shape index (κ2) is 12.8. The molecule has 0 aliphatic heterocycles. The van der Waals surface area contributed by atoms with Crippen molar-refractivity contribution in [3.8, 4) is 51.0 Å². The first-order valence-corrected chi connectivity index (χ1v) is 19.5. The second-order valence-electron chi connectivity index (χ2n) is 14.8. The highest BCUT2D eigenvalue weighted by molar-refractivity contribution is 6.21. The highest BCUT2D eigenvalue weighted by atomic mass is 16.3. The molecule has 5 heteroatoms. The molecule has 0 bridgehead atoms. The number of para-hydroxylation sites is 1. The van der Waals surface area contributed by atoms with Crippen molar-refractivity contribution >= 4 is 65.3 Å². The fraction of sp³-hybridized carbons (Fsp3) is 0. The first-order chi connectivity index (χ1) is 28.7. The van der Waals surface area contributed by atoms with E-state index < -0.39 is 0 Å². The van der Waals surface area contributed by atoms with Crippen molar-refractivity contribution in [2.45, 2.75) is 0 Å². The molecule has 0 saturated heterocycles. The molecule has 0 spiro atoms. The second-order valence-corrected chi connectivity index (χ2v) is 14.8. The Morgan fingerprint density at radius 2 is 0.966 bits per heavy atom. The number of aromatic nitrogens is 4. The van der Waals surface area contributed by atoms with Crippen LogP contribution in [-0.2, 0) is 0 Å². The van der Waals surface area contributed by atoms with E-state index >= 15 is 0 Å². The summed E-state index contributed by atoms with van der Waals surface area (Å²) in [6, 6.07) is 68.1. The van der Waals surface area contributed by atoms with Gasteiger partial charge in [-0.05, 0) is 69.6 Å². The molecule has 0 aliphatic rings. The van der Waals surface area contributed by atoms with Crippen molar-refractivity contribution in [3.63, 3.8) is 0 Å². The molecule has 5 nitrogen and oxygen atoms in total. The predicted octanol–water partition coefficient (Wildman–Crippen LogP) is 13.8. The van der Waals surface area contributed by atoms with Crippen LogP contribution in [0, 0.1) is 0 Å². The van der Waals surface area contributed by atoms with Crippen LogP contribution in [0.5, 0.6) is 0 Å². The van der Waals surface area contributed by atoms with E-state index in [4.69, 9.17) is 19.4 Å². The maximum atomic E-state index is 6.90. The topological polar surface area (TPSA) is 56.7 Å². The molecule has 0 unspecified atom stereocenters. The van der Waals surface area contributed by atoms with Gasteiger partial charge in [-0.25, -0.2) is 15.0 Å². The fourth-order valence-electron chi connectivity index (χ4n) is 8.66. The minimum Gasteiger partial charge on any atom is -0.455 e. The zero-order valence-electron chi connectivity index (χ0n) is 31.2. The van der Waals surface area contributed by atoms with Crippen LogP contribution in [0.1, 0.15) is 0 Å². The average Bonchev–Trinajstić information content (AvgIpc) is 3.84. The molecule has 58 heavy (non-hydrogen) atoms. The number of furan rings is 1. The average molecular weight is 741 g/mol. The van der Waals surface area contributed by atoms with Gasteiger partial charge in [-0.3, -0.25) is 0 Å². The Kier molecular flexibility index (Phi) is 7.16. The van der Waals surface area contributed by atoms with E-state index in [1.54, 1.807) is 0 Å². The largest absolute Gasteiger partial charge is 0.455 e. The van der Waals surface area contributed by atoms with Crippen molar-refractivity contribution in [1.82, 2.24) is 19.5 Å². The molecule has 0 atom stereocenters. The molecule has 0 fully saturated rings. The van der Waals surface area contributed by atoms with Gasteiger partial charge >= 0.3 is 0 Å². The van der Waals surface area contributed by atoms with Gasteiger partial charge in [-0.15, -0.1) is 0 Å². The third-order valence-electron chi connectivity index (χ3n) is 11.4. The zero-order chi connectivity index (χ0) is 38.2. The van der Waals surface area contributed by atoms with E-state index in [1.165, 1.54) is 32.4 Å². The molecular weight excluding hydrogens is 709 g/mol. The van der Waals surface area contributed by atoms with Gasteiger partial charge in [0.15, 0.2) is 17.5 Å². The third kappa shape index (κ3) is 5.14. The maximum Gasteiger partial charge on any atom is 0.164 e. The Balaban J connectivity index is 1.08. The van der Waals surface area contributed by atoms with Gasteiger partial charge in [0.2, 0.25) is 0 Å². The van der Waals surface area contributed by atoms with Crippen LogP contribution in [-0.4, -0.2) is 19.5 Å². The molecular formula is C53H32N4O. The number of hydrogen-bond donors (Lipinski definition) is 0. The summed E-state index contributed by atoms with van der Waals surface area (Å²) in [5, 5.41) is 9.34. The number of benzene rings is 9. The van der Waals surface area contributed by atoms with Gasteiger partial charge in [0.1, 0.15) is 11.2 Å². The smallest absolute Gasteiger partial charge is 0.164 e. The van der Waals surface area contributed by atoms with E-state index in [0.717, 1.165) is 66.3 Å². The van der Waals surface area contributed by atoms with Crippen molar-refractivity contribution in [2.75, 3.05) is 0 Å². The minimum absolute atomic E-state index is 0.584. The number of nitrogens with zero attached hydrogens (tertiary/aromatic N) is 4. The fourth-order valence-corrected chi connectivity index (χ4v) is 8.66. The number of hydrogen-bond acceptors (Lipinski definition) is 4. The first kappa shape index (κ1) is 32.4. The summed E-state index contributed by atoms with van der Waals surface area (Å²) < 4.78 is 9.31. The lowest BCUT2D eigenvalue weighted by Gasteiger charge is -2.12. The highest BCUT2D eigenvalue weighted by Gasteiger charge is 2.21. The lowest BCUT2D eigenvalue weighted by Crippen LogP contribution is -2.00. The van der Waals surface area contributed by atoms with Crippen molar-refractivity contribution in [2.24, 2.45) is 0 Å². The Labute approximate surface area is 333 Å². The summed E-state index contributed by atoms with van der Waals surface area (Å²) in [6.45, 7) is 0. The summed E-state index contributed by atoms with van der Waals surface area (Å²) in [5.41, 5.74) is 9.84. The molecule has 9 aromatic carbocycles. The van der Waals surface area contributed by atoms with E-state index in [9.17, 15) is 0 Å². The van der Waals surface area contributed by atoms with Crippen molar-refractivity contribution in [3.05, 3.63) is 194 Å². The van der Waals surface area contributed by atoms with Crippen molar-refractivity contribution < 1.29 is 4.42 Å². The monoisotopic (exact) mass is 740 g/mol. The van der Waals surface area contributed by atoms with Crippen LogP contribution in [0.3, 0.4) is 0 Å². The van der Waals surface area contributed by atoms with Gasteiger partial charge in [-0.1, -0.05) is 152 Å². The van der Waals surface area contributed by atoms with Crippen LogP contribution in [0.25, 0.3) is 116 Å². The summed E-state index contributed by atoms with van der Waals surface area (Å²) >= 11 is 0. The molecule has 270 valence electrons. The van der Waals surface area contributed by atoms with Gasteiger partial charge in [-0.2, -0.15) is 0 Å². The maximum absolute atomic E-state index is 6.90. The molecule has 0 radical (unpaired) electrons. The number of rotatable bonds is 5. The Morgan fingerprint density at radius 1 is 0.362 bits per heavy atom. The third-order valence-corrected chi connectivity index (χ3v) is 11.4. The lowest BCUT2D eigenvalue weighted by atomic mass is 10.0. The molecule has 12 rings (SSSR count). The van der Waals surface area contributed by atoms with Crippen LogP contribution in [0.15, 0.2) is 199 Å². The van der Waals surface area contributed by atoms with Crippen molar-refractivity contribution in [1.29, 1.82) is 0 Å². The summed E-state index contributed by atoms with van der Waals surface area (Å²) in [5.74, 6) is 1.82. The summed E-state index contributed by atoms with van der Waals surface area (Å²) in [7, 11) is 0. The summed E-state index contributed by atoms with van der Waals surface area (Å²) in [6.07, 6.45) is 0. The van der Waals surface area contributed by atoms with E-state index in [0.29, 0.717) is 17.5 Å². The van der Waals surface area contributed by atoms with Crippen LogP contribution in [0.4, 0.5) is 0 Å². The van der Waals surface area contributed by atoms with Crippen LogP contribution < -0.4 is 0 Å². The van der Waals surface area contributed by atoms with E-state index in [-0.39, 0.29) is 0 Å². The molecule has 0 saturated carbocycles. The highest BCUT2D eigenvalue weighted by Crippen LogP contribution is 2.42. The Hall–Kier alpha value is -7.89. The standard InChI is InChI=1S/C53H32N4O/c1-3-14-34(15-4-1)44-31-40(57-46-22-12-11-21-43(46)49-41-20-10-9-16-35(41)26-28-47(49)57)32-45-42-27-25-39(30-48(42)58-50(44)45)53-55-51(36-17-5-2-6-18-36)54-52(56-53)38-24-23-33-13-7-8-19-37(33)29-38/h1-32H. The molecule has 0 amide bonds. The molecule has 3 aromatic heterocycles. The van der Waals surface area contributed by atoms with E-state index in [1.807, 2.05) is 30.3 Å². The molecule has 0 aliphatic carbocycles. The van der Waals surface area contributed by atoms with Gasteiger partial charge in [0.05, 0.1) is 11.0 Å². The quantitative estimate of drug-likeness (QED) is 0.176. The number of fused-ring (bicyclic) bond motifs is 9. The predicted molar refractivity (Wildman–Crippen MR) is 238 cm³/mol. The molecule has 12 aromatic rings. The molecule has 0 N–H and O–H groups in total. The van der Waals surface area contributed by atoms with E-state index in [2.05, 4.69) is 168 Å². The minimum atomic E-state index is 0.584. The molecule has 3 heterocycles. The Morgan fingerprint density at radius 3 is 1.76 bits per heavy atom. The van der Waals surface area contributed by atoms with Crippen LogP contribution >= 0.6 is 0 Å². The first-order valence-electron chi connectivity index (χ1n) is 19.5. The van der Waals surface area contributed by atoms with Gasteiger partial charge < -0.3 is 8.98 Å². The zero-order valence-corrected chi connectivity index (χ0v) is 31.2. The normalized spacial score (nSPS) is 11.8. The lowest BCUT2D eigenvalue weighted by molar-refractivity contribution is 0.670. The SMILES string of the molecule is c1ccc(-c2nc(-c3ccc4ccccc4c3)nc(-c3ccc4c(c3)oc3c(-c5ccccc5)cc(-n5c6ccccc6c6c7ccccc7ccc65)cc34)n2)cc1. The van der Waals surface area contributed by atoms with Gasteiger partial charge in [0, 0.05) is 49.5 Å².